The van der Waals surface area contributed by atoms with Crippen LogP contribution in [0.5, 0.6) is 5.75 Å². The highest BCUT2D eigenvalue weighted by Crippen LogP contribution is 2.37. The monoisotopic (exact) mass is 273 g/mol. The summed E-state index contributed by atoms with van der Waals surface area (Å²) < 4.78 is 6.09. The summed E-state index contributed by atoms with van der Waals surface area (Å²) in [4.78, 5) is 0. The molecule has 0 saturated carbocycles. The van der Waals surface area contributed by atoms with Gasteiger partial charge in [0.05, 0.1) is 12.2 Å². The fraction of sp³-hybridized carbons (Fsp3) is 0.375. The molecule has 1 unspecified atom stereocenters. The van der Waals surface area contributed by atoms with Crippen LogP contribution in [0.2, 0.25) is 0 Å². The molecule has 1 aromatic carbocycles. The van der Waals surface area contributed by atoms with Crippen LogP contribution in [0, 0.1) is 0 Å². The van der Waals surface area contributed by atoms with E-state index in [1.807, 2.05) is 0 Å². The van der Waals surface area contributed by atoms with Crippen LogP contribution in [0.3, 0.4) is 0 Å². The highest BCUT2D eigenvalue weighted by atomic mass is 32.1. The third-order valence-corrected chi connectivity index (χ3v) is 4.21. The summed E-state index contributed by atoms with van der Waals surface area (Å²) in [5, 5.41) is 7.74. The average molecular weight is 273 g/mol. The fourth-order valence-corrected chi connectivity index (χ4v) is 2.98. The molecule has 3 heteroatoms. The summed E-state index contributed by atoms with van der Waals surface area (Å²) in [6.45, 7) is 7.52. The summed E-state index contributed by atoms with van der Waals surface area (Å²) in [6, 6.07) is 8.59. The molecule has 1 aliphatic heterocycles. The van der Waals surface area contributed by atoms with Crippen molar-refractivity contribution in [3.63, 3.8) is 0 Å². The molecule has 100 valence electrons. The van der Waals surface area contributed by atoms with Gasteiger partial charge in [0.15, 0.2) is 0 Å². The van der Waals surface area contributed by atoms with Crippen LogP contribution in [0.4, 0.5) is 5.69 Å². The number of fused-ring (bicyclic) bond motifs is 1. The first-order valence-electron chi connectivity index (χ1n) is 6.61. The van der Waals surface area contributed by atoms with Gasteiger partial charge >= 0.3 is 0 Å². The van der Waals surface area contributed by atoms with Gasteiger partial charge < -0.3 is 10.1 Å². The number of thiophene rings is 1. The maximum Gasteiger partial charge on any atom is 0.143 e. The second-order valence-corrected chi connectivity index (χ2v) is 6.79. The molecule has 1 aromatic heterocycles. The molecule has 1 N–H and O–H groups in total. The maximum absolute atomic E-state index is 6.09. The van der Waals surface area contributed by atoms with Crippen molar-refractivity contribution >= 4 is 17.0 Å². The van der Waals surface area contributed by atoms with Crippen molar-refractivity contribution in [1.82, 2.24) is 0 Å². The molecular formula is C16H19NOS. The largest absolute Gasteiger partial charge is 0.482 e. The van der Waals surface area contributed by atoms with Gasteiger partial charge in [-0.1, -0.05) is 26.8 Å². The van der Waals surface area contributed by atoms with Crippen LogP contribution in [-0.4, -0.2) is 6.54 Å². The van der Waals surface area contributed by atoms with E-state index in [1.165, 1.54) is 11.1 Å². The number of nitrogens with one attached hydrogen (secondary N) is 1. The first-order chi connectivity index (χ1) is 9.04. The Morgan fingerprint density at radius 3 is 2.79 bits per heavy atom. The number of rotatable bonds is 1. The lowest BCUT2D eigenvalue weighted by molar-refractivity contribution is 0.211. The third-order valence-electron chi connectivity index (χ3n) is 3.51. The zero-order valence-electron chi connectivity index (χ0n) is 11.6. The number of anilines is 1. The van der Waals surface area contributed by atoms with Crippen molar-refractivity contribution in [2.24, 2.45) is 0 Å². The van der Waals surface area contributed by atoms with Gasteiger partial charge in [-0.15, -0.1) is 0 Å². The van der Waals surface area contributed by atoms with Crippen LogP contribution >= 0.6 is 11.3 Å². The van der Waals surface area contributed by atoms with Gasteiger partial charge in [-0.25, -0.2) is 0 Å². The van der Waals surface area contributed by atoms with E-state index in [4.69, 9.17) is 4.74 Å². The van der Waals surface area contributed by atoms with Crippen molar-refractivity contribution in [1.29, 1.82) is 0 Å². The quantitative estimate of drug-likeness (QED) is 0.820. The Morgan fingerprint density at radius 2 is 2.11 bits per heavy atom. The lowest BCUT2D eigenvalue weighted by Gasteiger charge is -2.29. The Kier molecular flexibility index (Phi) is 3.02. The molecule has 0 fully saturated rings. The molecule has 0 aliphatic carbocycles. The Morgan fingerprint density at radius 1 is 1.26 bits per heavy atom. The Balaban J connectivity index is 1.87. The van der Waals surface area contributed by atoms with Crippen molar-refractivity contribution in [2.75, 3.05) is 11.9 Å². The minimum Gasteiger partial charge on any atom is -0.482 e. The van der Waals surface area contributed by atoms with Crippen molar-refractivity contribution < 1.29 is 4.74 Å². The lowest BCUT2D eigenvalue weighted by Crippen LogP contribution is -2.24. The van der Waals surface area contributed by atoms with E-state index in [1.54, 1.807) is 11.3 Å². The van der Waals surface area contributed by atoms with Crippen LogP contribution in [0.15, 0.2) is 35.0 Å². The predicted octanol–water partition coefficient (Wildman–Crippen LogP) is 4.59. The normalized spacial score (nSPS) is 18.4. The molecule has 0 bridgehead atoms. The molecule has 0 radical (unpaired) electrons. The third kappa shape index (κ3) is 2.47. The molecule has 2 aromatic rings. The Hall–Kier alpha value is -1.48. The van der Waals surface area contributed by atoms with E-state index < -0.39 is 0 Å². The van der Waals surface area contributed by atoms with E-state index in [9.17, 15) is 0 Å². The van der Waals surface area contributed by atoms with E-state index in [-0.39, 0.29) is 11.5 Å². The highest BCUT2D eigenvalue weighted by Gasteiger charge is 2.23. The number of ether oxygens (including phenoxy) is 1. The highest BCUT2D eigenvalue weighted by molar-refractivity contribution is 7.07. The second-order valence-electron chi connectivity index (χ2n) is 6.01. The van der Waals surface area contributed by atoms with E-state index >= 15 is 0 Å². The van der Waals surface area contributed by atoms with Gasteiger partial charge in [-0.05, 0) is 39.9 Å². The summed E-state index contributed by atoms with van der Waals surface area (Å²) in [6.07, 6.45) is 0.124. The molecule has 19 heavy (non-hydrogen) atoms. The lowest BCUT2D eigenvalue weighted by atomic mass is 9.86. The maximum atomic E-state index is 6.09. The van der Waals surface area contributed by atoms with Crippen LogP contribution < -0.4 is 10.1 Å². The molecule has 1 aliphatic rings. The Labute approximate surface area is 118 Å². The first-order valence-corrected chi connectivity index (χ1v) is 7.55. The van der Waals surface area contributed by atoms with Gasteiger partial charge in [0.25, 0.3) is 0 Å². The van der Waals surface area contributed by atoms with Gasteiger partial charge in [-0.3, -0.25) is 0 Å². The van der Waals surface area contributed by atoms with Gasteiger partial charge in [0.1, 0.15) is 11.9 Å². The van der Waals surface area contributed by atoms with Crippen LogP contribution in [0.1, 0.15) is 38.0 Å². The smallest absolute Gasteiger partial charge is 0.143 e. The SMILES string of the molecule is CC(C)(C)c1ccc2c(c1)NCC(c1ccsc1)O2. The Bertz CT molecular complexity index is 569. The predicted molar refractivity (Wildman–Crippen MR) is 81.3 cm³/mol. The summed E-state index contributed by atoms with van der Waals surface area (Å²) in [5.41, 5.74) is 3.86. The number of hydrogen-bond donors (Lipinski definition) is 1. The topological polar surface area (TPSA) is 21.3 Å². The van der Waals surface area contributed by atoms with Crippen molar-refractivity contribution in [3.05, 3.63) is 46.2 Å². The summed E-state index contributed by atoms with van der Waals surface area (Å²) in [7, 11) is 0. The van der Waals surface area contributed by atoms with Crippen LogP contribution in [0.25, 0.3) is 0 Å². The zero-order chi connectivity index (χ0) is 13.5. The summed E-state index contributed by atoms with van der Waals surface area (Å²) in [5.74, 6) is 0.954. The average Bonchev–Trinajstić information content (AvgIpc) is 2.90. The first kappa shape index (κ1) is 12.5. The molecule has 0 amide bonds. The van der Waals surface area contributed by atoms with Crippen LogP contribution in [-0.2, 0) is 5.41 Å². The van der Waals surface area contributed by atoms with Crippen molar-refractivity contribution in [2.45, 2.75) is 32.3 Å². The molecule has 0 spiro atoms. The number of benzene rings is 1. The number of hydrogen-bond acceptors (Lipinski definition) is 3. The van der Waals surface area contributed by atoms with Crippen molar-refractivity contribution in [3.8, 4) is 5.75 Å². The minimum absolute atomic E-state index is 0.124. The van der Waals surface area contributed by atoms with E-state index in [0.29, 0.717) is 0 Å². The second kappa shape index (κ2) is 4.57. The molecule has 2 nitrogen and oxygen atoms in total. The van der Waals surface area contributed by atoms with Gasteiger partial charge in [0, 0.05) is 5.56 Å². The molecular weight excluding hydrogens is 254 g/mol. The molecule has 3 rings (SSSR count). The molecule has 1 atom stereocenters. The minimum atomic E-state index is 0.124. The standard InChI is InChI=1S/C16H19NOS/c1-16(2,3)12-4-5-14-13(8-12)17-9-15(18-14)11-6-7-19-10-11/h4-8,10,15,17H,9H2,1-3H3. The molecule has 2 heterocycles. The van der Waals surface area contributed by atoms with Gasteiger partial charge in [-0.2, -0.15) is 11.3 Å². The van der Waals surface area contributed by atoms with E-state index in [0.717, 1.165) is 18.0 Å². The summed E-state index contributed by atoms with van der Waals surface area (Å²) >= 11 is 1.71. The van der Waals surface area contributed by atoms with Gasteiger partial charge in [0.2, 0.25) is 0 Å². The molecule has 0 saturated heterocycles. The zero-order valence-corrected chi connectivity index (χ0v) is 12.4. The fourth-order valence-electron chi connectivity index (χ4n) is 2.28. The van der Waals surface area contributed by atoms with E-state index in [2.05, 4.69) is 61.1 Å².